The van der Waals surface area contributed by atoms with E-state index in [4.69, 9.17) is 4.74 Å². The Hall–Kier alpha value is -3.37. The molecule has 0 aliphatic rings. The molecule has 1 aromatic heterocycles. The molecule has 2 aromatic carbocycles. The van der Waals surface area contributed by atoms with Gasteiger partial charge in [-0.15, -0.1) is 0 Å². The van der Waals surface area contributed by atoms with Crippen molar-refractivity contribution in [2.45, 2.75) is 58.0 Å². The normalized spacial score (nSPS) is 12.2. The van der Waals surface area contributed by atoms with Crippen LogP contribution in [0.25, 0.3) is 0 Å². The van der Waals surface area contributed by atoms with Gasteiger partial charge < -0.3 is 9.84 Å². The molecule has 0 saturated carbocycles. The molecule has 3 rings (SSSR count). The van der Waals surface area contributed by atoms with E-state index < -0.39 is 47.2 Å². The summed E-state index contributed by atoms with van der Waals surface area (Å²) >= 11 is 0. The number of aromatic hydroxyl groups is 1. The molecule has 3 aromatic rings. The quantitative estimate of drug-likeness (QED) is 0.353. The van der Waals surface area contributed by atoms with E-state index in [1.807, 2.05) is 19.1 Å². The van der Waals surface area contributed by atoms with Crippen LogP contribution in [0, 0.1) is 0 Å². The molecule has 36 heavy (non-hydrogen) atoms. The molecule has 0 aliphatic heterocycles. The van der Waals surface area contributed by atoms with Crippen LogP contribution in [0.2, 0.25) is 0 Å². The number of ether oxygens (including phenoxy) is 1. The summed E-state index contributed by atoms with van der Waals surface area (Å²) < 4.78 is 86.6. The van der Waals surface area contributed by atoms with E-state index in [9.17, 15) is 36.2 Å². The molecule has 11 heteroatoms. The molecule has 0 spiro atoms. The van der Waals surface area contributed by atoms with E-state index in [2.05, 4.69) is 0 Å². The third kappa shape index (κ3) is 6.24. The van der Waals surface area contributed by atoms with Gasteiger partial charge in [0.15, 0.2) is 0 Å². The Balaban J connectivity index is 1.91. The first-order valence-corrected chi connectivity index (χ1v) is 11.3. The number of aryl methyl sites for hydroxylation is 1. The third-order valence-electron chi connectivity index (χ3n) is 5.77. The molecule has 5 nitrogen and oxygen atoms in total. The largest absolute Gasteiger partial charge is 0.497 e. The minimum Gasteiger partial charge on any atom is -0.497 e. The Labute approximate surface area is 203 Å². The maximum Gasteiger partial charge on any atom is 0.416 e. The van der Waals surface area contributed by atoms with Crippen molar-refractivity contribution < 1.29 is 36.2 Å². The molecule has 1 heterocycles. The number of methoxy groups -OCH3 is 1. The first-order chi connectivity index (χ1) is 16.8. The number of imidazole rings is 1. The molecule has 0 saturated heterocycles. The van der Waals surface area contributed by atoms with Gasteiger partial charge in [-0.05, 0) is 67.1 Å². The molecular formula is C25H26F6N2O3. The molecule has 0 atom stereocenters. The molecule has 0 radical (unpaired) electrons. The lowest BCUT2D eigenvalue weighted by molar-refractivity contribution is -0.143. The highest BCUT2D eigenvalue weighted by molar-refractivity contribution is 5.35. The Morgan fingerprint density at radius 1 is 0.861 bits per heavy atom. The number of nitrogens with zero attached hydrogens (tertiary/aromatic N) is 2. The number of aromatic nitrogens is 2. The van der Waals surface area contributed by atoms with Crippen molar-refractivity contribution in [1.82, 2.24) is 9.13 Å². The number of benzene rings is 2. The lowest BCUT2D eigenvalue weighted by atomic mass is 10.0. The predicted octanol–water partition coefficient (Wildman–Crippen LogP) is 6.04. The van der Waals surface area contributed by atoms with Crippen LogP contribution in [0.3, 0.4) is 0 Å². The standard InChI is InChI=1S/C25H26F6N2O3/c1-3-11-32-21(6-4-5-16-7-9-20(36-2)10-8-16)22(34)33(23(32)35)15-17-12-18(24(26,27)28)14-19(13-17)25(29,30)31/h7-10,12-14,34H,3-6,11,15H2,1-2H3. The van der Waals surface area contributed by atoms with Crippen LogP contribution in [-0.2, 0) is 38.3 Å². The van der Waals surface area contributed by atoms with Crippen molar-refractivity contribution in [2.24, 2.45) is 0 Å². The fourth-order valence-corrected chi connectivity index (χ4v) is 4.02. The van der Waals surface area contributed by atoms with Crippen molar-refractivity contribution in [1.29, 1.82) is 0 Å². The molecule has 196 valence electrons. The van der Waals surface area contributed by atoms with Gasteiger partial charge >= 0.3 is 18.0 Å². The topological polar surface area (TPSA) is 56.4 Å². The highest BCUT2D eigenvalue weighted by Gasteiger charge is 2.37. The Morgan fingerprint density at radius 3 is 1.94 bits per heavy atom. The van der Waals surface area contributed by atoms with E-state index in [-0.39, 0.29) is 19.0 Å². The fraction of sp³-hybridized carbons (Fsp3) is 0.400. The number of rotatable bonds is 9. The summed E-state index contributed by atoms with van der Waals surface area (Å²) in [5.41, 5.74) is -2.76. The zero-order chi connectivity index (χ0) is 26.7. The molecule has 1 N–H and O–H groups in total. The summed E-state index contributed by atoms with van der Waals surface area (Å²) in [6, 6.07) is 8.52. The molecule has 0 fully saturated rings. The minimum absolute atomic E-state index is 0.0268. The summed E-state index contributed by atoms with van der Waals surface area (Å²) in [7, 11) is 1.55. The first-order valence-electron chi connectivity index (χ1n) is 11.3. The van der Waals surface area contributed by atoms with Crippen molar-refractivity contribution in [3.8, 4) is 11.6 Å². The smallest absolute Gasteiger partial charge is 0.416 e. The monoisotopic (exact) mass is 516 g/mol. The van der Waals surface area contributed by atoms with Crippen LogP contribution in [0.4, 0.5) is 26.3 Å². The second-order valence-corrected chi connectivity index (χ2v) is 8.41. The average Bonchev–Trinajstić information content (AvgIpc) is 3.02. The van der Waals surface area contributed by atoms with Crippen molar-refractivity contribution in [2.75, 3.05) is 7.11 Å². The van der Waals surface area contributed by atoms with Gasteiger partial charge in [0.2, 0.25) is 5.88 Å². The van der Waals surface area contributed by atoms with Crippen LogP contribution >= 0.6 is 0 Å². The van der Waals surface area contributed by atoms with Gasteiger partial charge in [0.05, 0.1) is 30.5 Å². The van der Waals surface area contributed by atoms with Gasteiger partial charge in [0.1, 0.15) is 5.75 Å². The second kappa shape index (κ2) is 10.7. The van der Waals surface area contributed by atoms with Gasteiger partial charge in [-0.25, -0.2) is 4.79 Å². The molecule has 0 amide bonds. The summed E-state index contributed by atoms with van der Waals surface area (Å²) in [6.45, 7) is 1.41. The fourth-order valence-electron chi connectivity index (χ4n) is 4.02. The van der Waals surface area contributed by atoms with Gasteiger partial charge in [0.25, 0.3) is 0 Å². The van der Waals surface area contributed by atoms with E-state index in [0.29, 0.717) is 42.8 Å². The lowest BCUT2D eigenvalue weighted by Gasteiger charge is -2.14. The SMILES string of the molecule is CCCn1c(CCCc2ccc(OC)cc2)c(O)n(Cc2cc(C(F)(F)F)cc(C(F)(F)F)c2)c1=O. The lowest BCUT2D eigenvalue weighted by Crippen LogP contribution is -2.26. The second-order valence-electron chi connectivity index (χ2n) is 8.41. The maximum absolute atomic E-state index is 13.2. The molecular weight excluding hydrogens is 490 g/mol. The van der Waals surface area contributed by atoms with Gasteiger partial charge in [-0.3, -0.25) is 9.13 Å². The van der Waals surface area contributed by atoms with Crippen molar-refractivity contribution in [3.05, 3.63) is 80.9 Å². The van der Waals surface area contributed by atoms with Gasteiger partial charge in [-0.2, -0.15) is 26.3 Å². The maximum atomic E-state index is 13.2. The minimum atomic E-state index is -5.01. The van der Waals surface area contributed by atoms with Gasteiger partial charge in [0, 0.05) is 6.54 Å². The van der Waals surface area contributed by atoms with E-state index >= 15 is 0 Å². The van der Waals surface area contributed by atoms with E-state index in [1.54, 1.807) is 19.2 Å². The van der Waals surface area contributed by atoms with Crippen LogP contribution in [-0.4, -0.2) is 21.4 Å². The predicted molar refractivity (Wildman–Crippen MR) is 121 cm³/mol. The first kappa shape index (κ1) is 27.2. The zero-order valence-corrected chi connectivity index (χ0v) is 19.7. The van der Waals surface area contributed by atoms with Crippen LogP contribution < -0.4 is 10.4 Å². The summed E-state index contributed by atoms with van der Waals surface area (Å²) in [5, 5.41) is 10.8. The number of hydrogen-bond donors (Lipinski definition) is 1. The molecule has 0 bridgehead atoms. The highest BCUT2D eigenvalue weighted by Crippen LogP contribution is 2.36. The third-order valence-corrected chi connectivity index (χ3v) is 5.77. The summed E-state index contributed by atoms with van der Waals surface area (Å²) in [4.78, 5) is 13.0. The van der Waals surface area contributed by atoms with Crippen LogP contribution in [0.5, 0.6) is 11.6 Å². The van der Waals surface area contributed by atoms with E-state index in [1.165, 1.54) is 4.57 Å². The molecule has 0 unspecified atom stereocenters. The summed E-state index contributed by atoms with van der Waals surface area (Å²) in [6.07, 6.45) is -8.02. The van der Waals surface area contributed by atoms with Gasteiger partial charge in [-0.1, -0.05) is 19.1 Å². The summed E-state index contributed by atoms with van der Waals surface area (Å²) in [5.74, 6) is 0.239. The average molecular weight is 516 g/mol. The highest BCUT2D eigenvalue weighted by atomic mass is 19.4. The van der Waals surface area contributed by atoms with Crippen LogP contribution in [0.1, 0.15) is 47.7 Å². The Bertz CT molecular complexity index is 1210. The van der Waals surface area contributed by atoms with Crippen LogP contribution in [0.15, 0.2) is 47.3 Å². The molecule has 0 aliphatic carbocycles. The number of alkyl halides is 6. The van der Waals surface area contributed by atoms with Crippen molar-refractivity contribution in [3.63, 3.8) is 0 Å². The zero-order valence-electron chi connectivity index (χ0n) is 19.7. The van der Waals surface area contributed by atoms with E-state index in [0.717, 1.165) is 10.1 Å². The number of halogens is 6. The number of hydrogen-bond acceptors (Lipinski definition) is 3. The Morgan fingerprint density at radius 2 is 1.44 bits per heavy atom. The van der Waals surface area contributed by atoms with Crippen molar-refractivity contribution >= 4 is 0 Å². The Kier molecular flexibility index (Phi) is 8.10.